The summed E-state index contributed by atoms with van der Waals surface area (Å²) in [6, 6.07) is 0.459. The van der Waals surface area contributed by atoms with Crippen molar-refractivity contribution in [2.24, 2.45) is 17.4 Å². The molecule has 0 heterocycles. The van der Waals surface area contributed by atoms with Gasteiger partial charge in [-0.3, -0.25) is 0 Å². The SMILES string of the molecule is C=C.C=CC(CC(=C)CCC1CCC(N)CC1)SCCCCCCN.CC. The molecule has 1 atom stereocenters. The topological polar surface area (TPSA) is 52.0 Å². The second-order valence-electron chi connectivity index (χ2n) is 7.12. The van der Waals surface area contributed by atoms with Crippen LogP contribution in [-0.4, -0.2) is 23.6 Å². The molecule has 0 aromatic carbocycles. The molecule has 0 amide bonds. The summed E-state index contributed by atoms with van der Waals surface area (Å²) in [7, 11) is 0. The van der Waals surface area contributed by atoms with Crippen LogP contribution in [0.25, 0.3) is 0 Å². The molecular formula is C24H48N2S. The van der Waals surface area contributed by atoms with Crippen molar-refractivity contribution < 1.29 is 0 Å². The minimum Gasteiger partial charge on any atom is -0.330 e. The minimum absolute atomic E-state index is 0.459. The first-order valence-corrected chi connectivity index (χ1v) is 12.1. The molecule has 160 valence electrons. The quantitative estimate of drug-likeness (QED) is 0.264. The van der Waals surface area contributed by atoms with Gasteiger partial charge in [-0.15, -0.1) is 19.7 Å². The largest absolute Gasteiger partial charge is 0.330 e. The van der Waals surface area contributed by atoms with Crippen LogP contribution in [0.3, 0.4) is 0 Å². The molecule has 1 aliphatic carbocycles. The second-order valence-corrected chi connectivity index (χ2v) is 8.47. The van der Waals surface area contributed by atoms with E-state index in [-0.39, 0.29) is 0 Å². The van der Waals surface area contributed by atoms with E-state index < -0.39 is 0 Å². The molecule has 3 heteroatoms. The van der Waals surface area contributed by atoms with Crippen LogP contribution in [0.4, 0.5) is 0 Å². The highest BCUT2D eigenvalue weighted by molar-refractivity contribution is 8.00. The summed E-state index contributed by atoms with van der Waals surface area (Å²) >= 11 is 2.04. The van der Waals surface area contributed by atoms with E-state index in [0.717, 1.165) is 18.9 Å². The maximum Gasteiger partial charge on any atom is 0.0261 e. The number of rotatable bonds is 13. The summed E-state index contributed by atoms with van der Waals surface area (Å²) in [6.07, 6.45) is 15.8. The van der Waals surface area contributed by atoms with Crippen LogP contribution in [0.1, 0.15) is 84.5 Å². The number of hydrogen-bond acceptors (Lipinski definition) is 3. The molecule has 1 saturated carbocycles. The summed E-state index contributed by atoms with van der Waals surface area (Å²) in [4.78, 5) is 0. The highest BCUT2D eigenvalue weighted by Crippen LogP contribution is 2.30. The van der Waals surface area contributed by atoms with Crippen molar-refractivity contribution in [3.8, 4) is 0 Å². The summed E-state index contributed by atoms with van der Waals surface area (Å²) in [5.41, 5.74) is 12.9. The molecule has 0 bridgehead atoms. The summed E-state index contributed by atoms with van der Waals surface area (Å²) in [6.45, 7) is 19.1. The first-order chi connectivity index (χ1) is 13.2. The second kappa shape index (κ2) is 21.8. The lowest BCUT2D eigenvalue weighted by Gasteiger charge is -2.26. The van der Waals surface area contributed by atoms with Crippen molar-refractivity contribution >= 4 is 11.8 Å². The Morgan fingerprint density at radius 1 is 1.07 bits per heavy atom. The lowest BCUT2D eigenvalue weighted by molar-refractivity contribution is 0.310. The molecular weight excluding hydrogens is 348 g/mol. The van der Waals surface area contributed by atoms with Crippen LogP contribution in [-0.2, 0) is 0 Å². The third kappa shape index (κ3) is 17.3. The van der Waals surface area contributed by atoms with E-state index in [1.165, 1.54) is 75.5 Å². The number of hydrogen-bond donors (Lipinski definition) is 2. The van der Waals surface area contributed by atoms with Gasteiger partial charge in [0.2, 0.25) is 0 Å². The zero-order chi connectivity index (χ0) is 20.9. The molecule has 1 fully saturated rings. The molecule has 1 rings (SSSR count). The average molecular weight is 397 g/mol. The van der Waals surface area contributed by atoms with E-state index >= 15 is 0 Å². The van der Waals surface area contributed by atoms with Gasteiger partial charge < -0.3 is 11.5 Å². The predicted octanol–water partition coefficient (Wildman–Crippen LogP) is 6.87. The van der Waals surface area contributed by atoms with Crippen molar-refractivity contribution in [3.63, 3.8) is 0 Å². The molecule has 0 radical (unpaired) electrons. The van der Waals surface area contributed by atoms with Gasteiger partial charge in [-0.05, 0) is 76.0 Å². The molecule has 0 aliphatic heterocycles. The Kier molecular flexibility index (Phi) is 23.2. The highest BCUT2D eigenvalue weighted by atomic mass is 32.2. The van der Waals surface area contributed by atoms with Crippen LogP contribution in [0.15, 0.2) is 38.0 Å². The zero-order valence-electron chi connectivity index (χ0n) is 18.4. The van der Waals surface area contributed by atoms with Gasteiger partial charge in [0, 0.05) is 11.3 Å². The van der Waals surface area contributed by atoms with Crippen molar-refractivity contribution in [1.29, 1.82) is 0 Å². The molecule has 0 spiro atoms. The van der Waals surface area contributed by atoms with Gasteiger partial charge in [0.25, 0.3) is 0 Å². The van der Waals surface area contributed by atoms with Crippen LogP contribution in [0, 0.1) is 5.92 Å². The van der Waals surface area contributed by atoms with E-state index in [9.17, 15) is 0 Å². The van der Waals surface area contributed by atoms with Crippen molar-refractivity contribution in [1.82, 2.24) is 0 Å². The van der Waals surface area contributed by atoms with Crippen molar-refractivity contribution in [2.45, 2.75) is 95.8 Å². The van der Waals surface area contributed by atoms with Crippen LogP contribution >= 0.6 is 11.8 Å². The van der Waals surface area contributed by atoms with E-state index in [0.29, 0.717) is 11.3 Å². The monoisotopic (exact) mass is 396 g/mol. The summed E-state index contributed by atoms with van der Waals surface area (Å²) in [5.74, 6) is 2.11. The molecule has 0 aromatic heterocycles. The Morgan fingerprint density at radius 2 is 1.67 bits per heavy atom. The maximum atomic E-state index is 5.98. The lowest BCUT2D eigenvalue weighted by atomic mass is 9.83. The van der Waals surface area contributed by atoms with Crippen molar-refractivity contribution in [2.75, 3.05) is 12.3 Å². The molecule has 1 unspecified atom stereocenters. The van der Waals surface area contributed by atoms with Gasteiger partial charge in [0.05, 0.1) is 0 Å². The normalized spacial score (nSPS) is 19.7. The summed E-state index contributed by atoms with van der Waals surface area (Å²) < 4.78 is 0. The molecule has 4 N–H and O–H groups in total. The Labute approximate surface area is 175 Å². The number of allylic oxidation sites excluding steroid dienone is 1. The van der Waals surface area contributed by atoms with Gasteiger partial charge in [-0.2, -0.15) is 11.8 Å². The number of unbranched alkanes of at least 4 members (excludes halogenated alkanes) is 3. The first-order valence-electron chi connectivity index (χ1n) is 11.0. The lowest BCUT2D eigenvalue weighted by Crippen LogP contribution is -2.26. The Bertz CT molecular complexity index is 335. The van der Waals surface area contributed by atoms with Crippen LogP contribution < -0.4 is 11.5 Å². The van der Waals surface area contributed by atoms with Gasteiger partial charge in [-0.25, -0.2) is 0 Å². The molecule has 0 aromatic rings. The Balaban J connectivity index is 0. The van der Waals surface area contributed by atoms with Gasteiger partial charge >= 0.3 is 0 Å². The molecule has 27 heavy (non-hydrogen) atoms. The van der Waals surface area contributed by atoms with E-state index in [1.807, 2.05) is 25.6 Å². The zero-order valence-corrected chi connectivity index (χ0v) is 19.2. The Hall–Kier alpha value is -0.510. The number of thioether (sulfide) groups is 1. The predicted molar refractivity (Wildman–Crippen MR) is 129 cm³/mol. The number of nitrogens with two attached hydrogens (primary N) is 2. The molecule has 1 aliphatic rings. The molecule has 2 nitrogen and oxygen atoms in total. The minimum atomic E-state index is 0.459. The fraction of sp³-hybridized carbons (Fsp3) is 0.750. The van der Waals surface area contributed by atoms with Gasteiger partial charge in [0.1, 0.15) is 0 Å². The van der Waals surface area contributed by atoms with Crippen LogP contribution in [0.2, 0.25) is 0 Å². The first kappa shape index (κ1) is 28.7. The van der Waals surface area contributed by atoms with E-state index in [2.05, 4.69) is 32.4 Å². The summed E-state index contributed by atoms with van der Waals surface area (Å²) in [5, 5.41) is 0.539. The third-order valence-electron chi connectivity index (χ3n) is 4.98. The fourth-order valence-electron chi connectivity index (χ4n) is 3.32. The maximum absolute atomic E-state index is 5.98. The van der Waals surface area contributed by atoms with Gasteiger partial charge in [0.15, 0.2) is 0 Å². The fourth-order valence-corrected chi connectivity index (χ4v) is 4.48. The van der Waals surface area contributed by atoms with Crippen molar-refractivity contribution in [3.05, 3.63) is 38.0 Å². The van der Waals surface area contributed by atoms with E-state index in [4.69, 9.17) is 11.5 Å². The van der Waals surface area contributed by atoms with Crippen LogP contribution in [0.5, 0.6) is 0 Å². The molecule has 0 saturated heterocycles. The smallest absolute Gasteiger partial charge is 0.0261 e. The third-order valence-corrected chi connectivity index (χ3v) is 6.29. The van der Waals surface area contributed by atoms with E-state index in [1.54, 1.807) is 0 Å². The average Bonchev–Trinajstić information content (AvgIpc) is 2.72. The standard InChI is InChI=1S/C20H38N2S.C2H6.C2H4/c1-3-20(23-15-7-5-4-6-14-21)16-17(2)8-9-18-10-12-19(22)13-11-18;2*1-2/h3,18-20H,1-2,4-16,21-22H2;1-2H3;1-2H2. The highest BCUT2D eigenvalue weighted by Gasteiger charge is 2.18. The Morgan fingerprint density at radius 3 is 2.22 bits per heavy atom. The van der Waals surface area contributed by atoms with Gasteiger partial charge in [-0.1, -0.05) is 44.9 Å².